The third-order valence-electron chi connectivity index (χ3n) is 4.48. The number of nitrogens with zero attached hydrogens (tertiary/aromatic N) is 1. The first-order valence-corrected chi connectivity index (χ1v) is 9.16. The second-order valence-electron chi connectivity index (χ2n) is 6.89. The number of halogens is 3. The molecule has 0 unspecified atom stereocenters. The Hall–Kier alpha value is -3.36. The van der Waals surface area contributed by atoms with Crippen LogP contribution in [0.25, 0.3) is 0 Å². The first kappa shape index (κ1) is 21.4. The van der Waals surface area contributed by atoms with Gasteiger partial charge in [-0.25, -0.2) is 0 Å². The maximum Gasteiger partial charge on any atom is 0.422 e. The zero-order valence-corrected chi connectivity index (χ0v) is 16.1. The smallest absolute Gasteiger partial charge is 0.422 e. The quantitative estimate of drug-likeness (QED) is 0.698. The summed E-state index contributed by atoms with van der Waals surface area (Å²) in [6.07, 6.45) is -4.53. The van der Waals surface area contributed by atoms with E-state index in [1.165, 1.54) is 18.2 Å². The van der Waals surface area contributed by atoms with Crippen LogP contribution in [0.4, 0.5) is 13.2 Å². The van der Waals surface area contributed by atoms with Crippen LogP contribution in [0.3, 0.4) is 0 Å². The van der Waals surface area contributed by atoms with Crippen molar-refractivity contribution in [1.82, 2.24) is 10.2 Å². The van der Waals surface area contributed by atoms with Crippen molar-refractivity contribution >= 4 is 17.7 Å². The van der Waals surface area contributed by atoms with Crippen LogP contribution in [0.5, 0.6) is 5.75 Å². The average molecular weight is 420 g/mol. The van der Waals surface area contributed by atoms with E-state index >= 15 is 0 Å². The molecule has 0 spiro atoms. The molecule has 6 nitrogen and oxygen atoms in total. The minimum atomic E-state index is -4.44. The highest BCUT2D eigenvalue weighted by Crippen LogP contribution is 2.24. The Balaban J connectivity index is 1.50. The van der Waals surface area contributed by atoms with Crippen molar-refractivity contribution in [2.45, 2.75) is 26.1 Å². The minimum Gasteiger partial charge on any atom is -0.484 e. The zero-order chi connectivity index (χ0) is 21.9. The summed E-state index contributed by atoms with van der Waals surface area (Å²) in [7, 11) is 0. The van der Waals surface area contributed by atoms with Gasteiger partial charge in [-0.2, -0.15) is 13.2 Å². The first-order valence-electron chi connectivity index (χ1n) is 9.16. The van der Waals surface area contributed by atoms with Crippen LogP contribution in [-0.4, -0.2) is 41.9 Å². The highest BCUT2D eigenvalue weighted by Gasteiger charge is 2.35. The summed E-state index contributed by atoms with van der Waals surface area (Å²) in [6.45, 7) is 0.426. The van der Waals surface area contributed by atoms with Crippen molar-refractivity contribution in [2.75, 3.05) is 13.2 Å². The number of rotatable bonds is 7. The van der Waals surface area contributed by atoms with Crippen molar-refractivity contribution in [3.05, 3.63) is 64.7 Å². The molecule has 0 fully saturated rings. The number of benzene rings is 2. The van der Waals surface area contributed by atoms with Gasteiger partial charge in [0.2, 0.25) is 5.91 Å². The van der Waals surface area contributed by atoms with E-state index in [0.29, 0.717) is 16.7 Å². The first-order chi connectivity index (χ1) is 14.1. The number of hydrogen-bond acceptors (Lipinski definition) is 4. The predicted octanol–water partition coefficient (Wildman–Crippen LogP) is 3.24. The van der Waals surface area contributed by atoms with Gasteiger partial charge in [-0.1, -0.05) is 23.8 Å². The van der Waals surface area contributed by atoms with Crippen molar-refractivity contribution < 1.29 is 32.3 Å². The third-order valence-corrected chi connectivity index (χ3v) is 4.48. The number of imide groups is 1. The number of ether oxygens (including phenoxy) is 1. The van der Waals surface area contributed by atoms with Crippen molar-refractivity contribution in [3.63, 3.8) is 0 Å². The molecule has 0 aromatic heterocycles. The maximum atomic E-state index is 12.4. The molecule has 0 saturated heterocycles. The second-order valence-corrected chi connectivity index (χ2v) is 6.89. The predicted molar refractivity (Wildman–Crippen MR) is 101 cm³/mol. The summed E-state index contributed by atoms with van der Waals surface area (Å²) in [5.74, 6) is -1.22. The summed E-state index contributed by atoms with van der Waals surface area (Å²) >= 11 is 0. The zero-order valence-electron chi connectivity index (χ0n) is 16.1. The lowest BCUT2D eigenvalue weighted by molar-refractivity contribution is -0.153. The van der Waals surface area contributed by atoms with Gasteiger partial charge < -0.3 is 10.1 Å². The molecular formula is C21H19F3N2O4. The fourth-order valence-corrected chi connectivity index (χ4v) is 3.02. The van der Waals surface area contributed by atoms with E-state index in [2.05, 4.69) is 10.1 Å². The molecule has 1 heterocycles. The molecule has 0 aliphatic carbocycles. The van der Waals surface area contributed by atoms with E-state index in [4.69, 9.17) is 0 Å². The molecule has 0 bridgehead atoms. The molecule has 1 N–H and O–H groups in total. The molecule has 158 valence electrons. The number of fused-ring (bicyclic) bond motifs is 1. The largest absolute Gasteiger partial charge is 0.484 e. The normalized spacial score (nSPS) is 13.4. The Morgan fingerprint density at radius 2 is 1.80 bits per heavy atom. The van der Waals surface area contributed by atoms with Gasteiger partial charge in [0.05, 0.1) is 11.1 Å². The number of amides is 3. The molecule has 3 rings (SSSR count). The van der Waals surface area contributed by atoms with E-state index in [1.54, 1.807) is 24.3 Å². The molecule has 1 aliphatic heterocycles. The summed E-state index contributed by atoms with van der Waals surface area (Å²) in [5.41, 5.74) is 2.06. The molecule has 2 aromatic rings. The van der Waals surface area contributed by atoms with Gasteiger partial charge in [0.25, 0.3) is 11.8 Å². The SMILES string of the molecule is Cc1ccc2c(c1)C(=O)N(CCC(=O)NCc1cccc(OCC(F)(F)F)c1)C2=O. The highest BCUT2D eigenvalue weighted by atomic mass is 19.4. The van der Waals surface area contributed by atoms with E-state index in [0.717, 1.165) is 10.5 Å². The number of carbonyl (C=O) groups excluding carboxylic acids is 3. The molecule has 3 amide bonds. The summed E-state index contributed by atoms with van der Waals surface area (Å²) in [4.78, 5) is 37.9. The number of nitrogens with one attached hydrogen (secondary N) is 1. The Morgan fingerprint density at radius 1 is 1.07 bits per heavy atom. The fraction of sp³-hybridized carbons (Fsp3) is 0.286. The molecule has 9 heteroatoms. The number of alkyl halides is 3. The lowest BCUT2D eigenvalue weighted by atomic mass is 10.1. The van der Waals surface area contributed by atoms with E-state index < -0.39 is 30.5 Å². The maximum absolute atomic E-state index is 12.4. The van der Waals surface area contributed by atoms with E-state index in [-0.39, 0.29) is 25.3 Å². The fourth-order valence-electron chi connectivity index (χ4n) is 3.02. The molecule has 30 heavy (non-hydrogen) atoms. The molecule has 0 atom stereocenters. The Kier molecular flexibility index (Phi) is 6.09. The molecule has 0 saturated carbocycles. The average Bonchev–Trinajstić information content (AvgIpc) is 2.92. The van der Waals surface area contributed by atoms with Gasteiger partial charge in [-0.15, -0.1) is 0 Å². The van der Waals surface area contributed by atoms with Gasteiger partial charge in [0.15, 0.2) is 6.61 Å². The van der Waals surface area contributed by atoms with Crippen LogP contribution in [-0.2, 0) is 11.3 Å². The Morgan fingerprint density at radius 3 is 2.53 bits per heavy atom. The number of carbonyl (C=O) groups is 3. The van der Waals surface area contributed by atoms with Crippen molar-refractivity contribution in [1.29, 1.82) is 0 Å². The lowest BCUT2D eigenvalue weighted by Crippen LogP contribution is -2.34. The van der Waals surface area contributed by atoms with Crippen LogP contribution in [0.2, 0.25) is 0 Å². The molecular weight excluding hydrogens is 401 g/mol. The Labute approximate surface area is 170 Å². The summed E-state index contributed by atoms with van der Waals surface area (Å²) in [5, 5.41) is 2.62. The number of hydrogen-bond donors (Lipinski definition) is 1. The van der Waals surface area contributed by atoms with Gasteiger partial charge >= 0.3 is 6.18 Å². The van der Waals surface area contributed by atoms with Crippen LogP contribution in [0, 0.1) is 6.92 Å². The lowest BCUT2D eigenvalue weighted by Gasteiger charge is -2.14. The van der Waals surface area contributed by atoms with Crippen LogP contribution >= 0.6 is 0 Å². The number of aryl methyl sites for hydroxylation is 1. The van der Waals surface area contributed by atoms with E-state index in [1.807, 2.05) is 6.92 Å². The van der Waals surface area contributed by atoms with E-state index in [9.17, 15) is 27.6 Å². The summed E-state index contributed by atoms with van der Waals surface area (Å²) in [6, 6.07) is 10.9. The summed E-state index contributed by atoms with van der Waals surface area (Å²) < 4.78 is 41.4. The minimum absolute atomic E-state index is 0.0420. The molecule has 1 aliphatic rings. The third kappa shape index (κ3) is 5.16. The van der Waals surface area contributed by atoms with Gasteiger partial charge in [0.1, 0.15) is 5.75 Å². The molecule has 2 aromatic carbocycles. The Bertz CT molecular complexity index is 988. The van der Waals surface area contributed by atoms with Crippen LogP contribution < -0.4 is 10.1 Å². The van der Waals surface area contributed by atoms with Gasteiger partial charge in [-0.3, -0.25) is 19.3 Å². The monoisotopic (exact) mass is 420 g/mol. The van der Waals surface area contributed by atoms with Crippen LogP contribution in [0.1, 0.15) is 38.3 Å². The van der Waals surface area contributed by atoms with Crippen molar-refractivity contribution in [2.24, 2.45) is 0 Å². The van der Waals surface area contributed by atoms with Gasteiger partial charge in [0, 0.05) is 19.5 Å². The standard InChI is InChI=1S/C21H19F3N2O4/c1-13-5-6-16-17(9-13)20(29)26(19(16)28)8-7-18(27)25-11-14-3-2-4-15(10-14)30-12-21(22,23)24/h2-6,9-10H,7-8,11-12H2,1H3,(H,25,27). The molecule has 0 radical (unpaired) electrons. The van der Waals surface area contributed by atoms with Crippen LogP contribution in [0.15, 0.2) is 42.5 Å². The van der Waals surface area contributed by atoms with Gasteiger partial charge in [-0.05, 0) is 36.8 Å². The second kappa shape index (κ2) is 8.56. The topological polar surface area (TPSA) is 75.7 Å². The highest BCUT2D eigenvalue weighted by molar-refractivity contribution is 6.21. The van der Waals surface area contributed by atoms with Crippen molar-refractivity contribution in [3.8, 4) is 5.75 Å².